The van der Waals surface area contributed by atoms with Gasteiger partial charge in [-0.05, 0) is 6.07 Å². The molecule has 0 saturated carbocycles. The molecule has 0 bridgehead atoms. The third-order valence-corrected chi connectivity index (χ3v) is 0.582. The monoisotopic (exact) mass is 83.0 g/mol. The fourth-order valence-corrected chi connectivity index (χ4v) is 0.315. The summed E-state index contributed by atoms with van der Waals surface area (Å²) < 4.78 is 0. The van der Waals surface area contributed by atoms with Gasteiger partial charge in [-0.25, -0.2) is 0 Å². The zero-order valence-corrected chi connectivity index (χ0v) is 3.18. The standard InChI is InChI=1S/C4H5NO/c6-4-1-2-5-3-4/h1-3,5-6H. The van der Waals surface area contributed by atoms with E-state index in [1.54, 1.807) is 12.3 Å². The van der Waals surface area contributed by atoms with Gasteiger partial charge in [-0.15, -0.1) is 0 Å². The first-order valence-corrected chi connectivity index (χ1v) is 1.71. The van der Waals surface area contributed by atoms with Crippen LogP contribution in [0.25, 0.3) is 0 Å². The van der Waals surface area contributed by atoms with Crippen molar-refractivity contribution in [3.63, 3.8) is 0 Å². The summed E-state index contributed by atoms with van der Waals surface area (Å²) in [5.74, 6) is 0.287. The second-order valence-electron chi connectivity index (χ2n) is 1.07. The Labute approximate surface area is 35.4 Å². The number of nitrogens with one attached hydrogen (secondary N) is 1. The van der Waals surface area contributed by atoms with E-state index < -0.39 is 0 Å². The zero-order chi connectivity index (χ0) is 4.41. The molecule has 2 nitrogen and oxygen atoms in total. The van der Waals surface area contributed by atoms with Crippen molar-refractivity contribution in [2.75, 3.05) is 0 Å². The van der Waals surface area contributed by atoms with Crippen LogP contribution in [-0.4, -0.2) is 10.1 Å². The summed E-state index contributed by atoms with van der Waals surface area (Å²) in [6, 6.07) is 1.58. The van der Waals surface area contributed by atoms with Gasteiger partial charge >= 0.3 is 0 Å². The van der Waals surface area contributed by atoms with E-state index >= 15 is 0 Å². The van der Waals surface area contributed by atoms with E-state index in [-0.39, 0.29) is 5.75 Å². The van der Waals surface area contributed by atoms with Crippen molar-refractivity contribution in [1.29, 1.82) is 0 Å². The normalized spacial score (nSPS) is 8.67. The lowest BCUT2D eigenvalue weighted by Crippen LogP contribution is -1.44. The summed E-state index contributed by atoms with van der Waals surface area (Å²) in [6.07, 6.45) is 3.18. The maximum absolute atomic E-state index is 8.44. The minimum Gasteiger partial charge on any atom is -0.506 e. The van der Waals surface area contributed by atoms with Gasteiger partial charge < -0.3 is 10.1 Å². The lowest BCUT2D eigenvalue weighted by Gasteiger charge is -1.68. The predicted octanol–water partition coefficient (Wildman–Crippen LogP) is 0.720. The molecule has 6 heavy (non-hydrogen) atoms. The number of hydrogen-bond donors (Lipinski definition) is 2. The quantitative estimate of drug-likeness (QED) is 0.476. The molecular weight excluding hydrogens is 78.0 g/mol. The van der Waals surface area contributed by atoms with Crippen LogP contribution in [0.3, 0.4) is 0 Å². The predicted molar refractivity (Wildman–Crippen MR) is 22.5 cm³/mol. The highest BCUT2D eigenvalue weighted by Crippen LogP contribution is 2.00. The van der Waals surface area contributed by atoms with Crippen molar-refractivity contribution in [1.82, 2.24) is 4.98 Å². The molecule has 32 valence electrons. The second kappa shape index (κ2) is 1.05. The first kappa shape index (κ1) is 3.28. The highest BCUT2D eigenvalue weighted by atomic mass is 16.3. The largest absolute Gasteiger partial charge is 0.506 e. The molecule has 2 N–H and O–H groups in total. The molecule has 0 aromatic carbocycles. The number of hydrogen-bond acceptors (Lipinski definition) is 1. The highest BCUT2D eigenvalue weighted by Gasteiger charge is 1.76. The Hall–Kier alpha value is -0.920. The van der Waals surface area contributed by atoms with Gasteiger partial charge in [0.25, 0.3) is 0 Å². The van der Waals surface area contributed by atoms with E-state index in [1.165, 1.54) is 6.20 Å². The van der Waals surface area contributed by atoms with Crippen molar-refractivity contribution in [2.45, 2.75) is 0 Å². The molecule has 0 fully saturated rings. The van der Waals surface area contributed by atoms with Crippen LogP contribution in [0.2, 0.25) is 0 Å². The van der Waals surface area contributed by atoms with E-state index in [9.17, 15) is 0 Å². The van der Waals surface area contributed by atoms with Crippen LogP contribution in [0.4, 0.5) is 0 Å². The molecule has 2 heteroatoms. The van der Waals surface area contributed by atoms with Crippen molar-refractivity contribution < 1.29 is 5.11 Å². The smallest absolute Gasteiger partial charge is 0.132 e. The Bertz CT molecular complexity index is 111. The summed E-state index contributed by atoms with van der Waals surface area (Å²) in [7, 11) is 0. The highest BCUT2D eigenvalue weighted by molar-refractivity contribution is 5.12. The van der Waals surface area contributed by atoms with E-state index in [0.717, 1.165) is 0 Å². The molecule has 1 heterocycles. The Balaban J connectivity index is 3.05. The zero-order valence-electron chi connectivity index (χ0n) is 3.18. The molecule has 0 aliphatic rings. The Morgan fingerprint density at radius 2 is 2.50 bits per heavy atom. The van der Waals surface area contributed by atoms with Crippen LogP contribution in [0.15, 0.2) is 18.5 Å². The number of aromatic amines is 1. The van der Waals surface area contributed by atoms with Gasteiger partial charge in [-0.3, -0.25) is 0 Å². The minimum absolute atomic E-state index is 0.287. The number of rotatable bonds is 0. The molecule has 1 aromatic rings. The van der Waals surface area contributed by atoms with Crippen molar-refractivity contribution in [3.05, 3.63) is 18.5 Å². The van der Waals surface area contributed by atoms with Crippen LogP contribution in [0.5, 0.6) is 5.75 Å². The number of aromatic nitrogens is 1. The molecule has 0 aliphatic heterocycles. The van der Waals surface area contributed by atoms with E-state index in [2.05, 4.69) is 4.98 Å². The van der Waals surface area contributed by atoms with Gasteiger partial charge in [0.2, 0.25) is 0 Å². The van der Waals surface area contributed by atoms with Gasteiger partial charge in [0.15, 0.2) is 0 Å². The maximum Gasteiger partial charge on any atom is 0.132 e. The van der Waals surface area contributed by atoms with Gasteiger partial charge in [-0.1, -0.05) is 0 Å². The number of H-pyrrole nitrogens is 1. The summed E-state index contributed by atoms with van der Waals surface area (Å²) in [5.41, 5.74) is 0. The SMILES string of the molecule is Oc1cc[nH]c1. The van der Waals surface area contributed by atoms with Crippen LogP contribution in [0.1, 0.15) is 0 Å². The Morgan fingerprint density at radius 1 is 1.67 bits per heavy atom. The third kappa shape index (κ3) is 0.360. The fourth-order valence-electron chi connectivity index (χ4n) is 0.315. The van der Waals surface area contributed by atoms with Gasteiger partial charge in [0.05, 0.1) is 0 Å². The molecule has 0 aliphatic carbocycles. The molecule has 0 radical (unpaired) electrons. The minimum atomic E-state index is 0.287. The topological polar surface area (TPSA) is 36.0 Å². The Kier molecular flexibility index (Phi) is 0.572. The van der Waals surface area contributed by atoms with E-state index in [4.69, 9.17) is 5.11 Å². The maximum atomic E-state index is 8.44. The van der Waals surface area contributed by atoms with Gasteiger partial charge in [-0.2, -0.15) is 0 Å². The summed E-state index contributed by atoms with van der Waals surface area (Å²) in [6.45, 7) is 0. The van der Waals surface area contributed by atoms with Crippen LogP contribution in [0, 0.1) is 0 Å². The lowest BCUT2D eigenvalue weighted by atomic mass is 10.6. The summed E-state index contributed by atoms with van der Waals surface area (Å²) in [5, 5.41) is 8.44. The van der Waals surface area contributed by atoms with Crippen LogP contribution < -0.4 is 0 Å². The second-order valence-corrected chi connectivity index (χ2v) is 1.07. The average molecular weight is 83.1 g/mol. The molecule has 0 atom stereocenters. The fraction of sp³-hybridized carbons (Fsp3) is 0. The molecular formula is C4H5NO. The molecule has 0 spiro atoms. The van der Waals surface area contributed by atoms with E-state index in [1.807, 2.05) is 0 Å². The first-order chi connectivity index (χ1) is 2.89. The number of aromatic hydroxyl groups is 1. The van der Waals surface area contributed by atoms with Crippen molar-refractivity contribution in [2.24, 2.45) is 0 Å². The lowest BCUT2D eigenvalue weighted by molar-refractivity contribution is 0.476. The molecule has 0 saturated heterocycles. The van der Waals surface area contributed by atoms with Crippen molar-refractivity contribution in [3.8, 4) is 5.75 Å². The van der Waals surface area contributed by atoms with Crippen LogP contribution >= 0.6 is 0 Å². The first-order valence-electron chi connectivity index (χ1n) is 1.71. The van der Waals surface area contributed by atoms with E-state index in [0.29, 0.717) is 0 Å². The third-order valence-electron chi connectivity index (χ3n) is 0.582. The van der Waals surface area contributed by atoms with Crippen molar-refractivity contribution >= 4 is 0 Å². The molecule has 1 aromatic heterocycles. The Morgan fingerprint density at radius 3 is 2.67 bits per heavy atom. The molecule has 0 unspecified atom stereocenters. The van der Waals surface area contributed by atoms with Crippen LogP contribution in [-0.2, 0) is 0 Å². The van der Waals surface area contributed by atoms with Gasteiger partial charge in [0, 0.05) is 12.4 Å². The summed E-state index contributed by atoms with van der Waals surface area (Å²) in [4.78, 5) is 2.68. The average Bonchev–Trinajstić information content (AvgIpc) is 1.86. The van der Waals surface area contributed by atoms with Gasteiger partial charge in [0.1, 0.15) is 5.75 Å². The molecule has 0 amide bonds. The summed E-state index contributed by atoms with van der Waals surface area (Å²) >= 11 is 0. The molecule has 1 rings (SSSR count).